The van der Waals surface area contributed by atoms with Crippen molar-refractivity contribution in [1.82, 2.24) is 4.57 Å². The Morgan fingerprint density at radius 2 is 2.05 bits per heavy atom. The minimum absolute atomic E-state index is 0.170. The maximum atomic E-state index is 13.3. The van der Waals surface area contributed by atoms with Gasteiger partial charge in [0.1, 0.15) is 5.82 Å². The van der Waals surface area contributed by atoms with Gasteiger partial charge in [-0.05, 0) is 64.6 Å². The summed E-state index contributed by atoms with van der Waals surface area (Å²) < 4.78 is 20.9. The third-order valence-corrected chi connectivity index (χ3v) is 4.01. The van der Waals surface area contributed by atoms with Crippen molar-refractivity contribution in [2.75, 3.05) is 0 Å². The van der Waals surface area contributed by atoms with Crippen molar-refractivity contribution < 1.29 is 8.81 Å². The van der Waals surface area contributed by atoms with Crippen molar-refractivity contribution in [2.45, 2.75) is 6.54 Å². The molecule has 0 spiro atoms. The molecule has 0 bridgehead atoms. The highest BCUT2D eigenvalue weighted by molar-refractivity contribution is 14.1. The Balaban J connectivity index is 2.13. The van der Waals surface area contributed by atoms with Gasteiger partial charge in [-0.25, -0.2) is 9.18 Å². The molecule has 0 N–H and O–H groups in total. The third kappa shape index (κ3) is 2.47. The molecule has 3 aromatic rings. The Labute approximate surface area is 132 Å². The maximum Gasteiger partial charge on any atom is 0.420 e. The molecule has 0 radical (unpaired) electrons. The van der Waals surface area contributed by atoms with Gasteiger partial charge >= 0.3 is 5.76 Å². The normalized spacial score (nSPS) is 11.2. The number of rotatable bonds is 2. The second-order valence-electron chi connectivity index (χ2n) is 4.30. The van der Waals surface area contributed by atoms with Gasteiger partial charge in [0.15, 0.2) is 5.58 Å². The molecule has 0 fully saturated rings. The zero-order valence-corrected chi connectivity index (χ0v) is 13.0. The summed E-state index contributed by atoms with van der Waals surface area (Å²) >= 11 is 8.17. The Morgan fingerprint density at radius 1 is 1.25 bits per heavy atom. The first kappa shape index (κ1) is 13.6. The Kier molecular flexibility index (Phi) is 3.55. The van der Waals surface area contributed by atoms with E-state index in [0.29, 0.717) is 21.7 Å². The average molecular weight is 404 g/mol. The van der Waals surface area contributed by atoms with Crippen LogP contribution in [0.4, 0.5) is 4.39 Å². The van der Waals surface area contributed by atoms with Gasteiger partial charge in [0, 0.05) is 8.59 Å². The summed E-state index contributed by atoms with van der Waals surface area (Å²) in [6.07, 6.45) is 0. The highest BCUT2D eigenvalue weighted by Crippen LogP contribution is 2.21. The van der Waals surface area contributed by atoms with E-state index in [-0.39, 0.29) is 12.4 Å². The number of hydrogen-bond acceptors (Lipinski definition) is 2. The molecule has 0 unspecified atom stereocenters. The van der Waals surface area contributed by atoms with Crippen molar-refractivity contribution in [2.24, 2.45) is 0 Å². The first-order chi connectivity index (χ1) is 9.54. The van der Waals surface area contributed by atoms with Crippen LogP contribution in [-0.2, 0) is 6.54 Å². The molecule has 0 aliphatic heterocycles. The van der Waals surface area contributed by atoms with Crippen LogP contribution in [0, 0.1) is 9.39 Å². The minimum atomic E-state index is -0.484. The van der Waals surface area contributed by atoms with E-state index in [0.717, 1.165) is 3.57 Å². The summed E-state index contributed by atoms with van der Waals surface area (Å²) in [5, 5.41) is 0.415. The van der Waals surface area contributed by atoms with E-state index in [2.05, 4.69) is 22.6 Å². The topological polar surface area (TPSA) is 35.1 Å². The van der Waals surface area contributed by atoms with Crippen molar-refractivity contribution >= 4 is 45.3 Å². The second kappa shape index (κ2) is 5.21. The molecule has 0 saturated carbocycles. The average Bonchev–Trinajstić information content (AvgIpc) is 2.69. The molecule has 0 aliphatic rings. The molecule has 1 heterocycles. The second-order valence-corrected chi connectivity index (χ2v) is 5.95. The molecule has 1 aromatic heterocycles. The first-order valence-electron chi connectivity index (χ1n) is 5.77. The van der Waals surface area contributed by atoms with E-state index < -0.39 is 5.76 Å². The van der Waals surface area contributed by atoms with Gasteiger partial charge in [-0.1, -0.05) is 11.6 Å². The van der Waals surface area contributed by atoms with E-state index in [1.54, 1.807) is 12.1 Å². The van der Waals surface area contributed by atoms with Crippen LogP contribution in [0.3, 0.4) is 0 Å². The predicted molar refractivity (Wildman–Crippen MR) is 83.7 cm³/mol. The Hall–Kier alpha value is -1.34. The smallest absolute Gasteiger partial charge is 0.408 e. The van der Waals surface area contributed by atoms with Gasteiger partial charge in [0.25, 0.3) is 0 Å². The summed E-state index contributed by atoms with van der Waals surface area (Å²) in [5.41, 5.74) is 1.71. The Bertz CT molecular complexity index is 856. The van der Waals surface area contributed by atoms with Crippen LogP contribution in [0.5, 0.6) is 0 Å². The number of fused-ring (bicyclic) bond motifs is 1. The SMILES string of the molecule is O=c1oc2cc(I)ccc2n1Cc1cc(F)ccc1Cl. The van der Waals surface area contributed by atoms with Crippen LogP contribution in [0.2, 0.25) is 5.02 Å². The lowest BCUT2D eigenvalue weighted by molar-refractivity contribution is 0.517. The summed E-state index contributed by atoms with van der Waals surface area (Å²) in [6, 6.07) is 9.53. The molecule has 3 nitrogen and oxygen atoms in total. The fraction of sp³-hybridized carbons (Fsp3) is 0.0714. The largest absolute Gasteiger partial charge is 0.420 e. The fourth-order valence-electron chi connectivity index (χ4n) is 2.02. The van der Waals surface area contributed by atoms with Gasteiger partial charge < -0.3 is 4.42 Å². The summed E-state index contributed by atoms with van der Waals surface area (Å²) in [5.74, 6) is -0.873. The Morgan fingerprint density at radius 3 is 2.85 bits per heavy atom. The van der Waals surface area contributed by atoms with E-state index in [1.165, 1.54) is 22.8 Å². The standard InChI is InChI=1S/C14H8ClFINO2/c15-11-3-1-9(16)5-8(11)7-18-12-4-2-10(17)6-13(12)20-14(18)19/h1-6H,7H2. The molecule has 20 heavy (non-hydrogen) atoms. The predicted octanol–water partition coefficient (Wildman–Crippen LogP) is 4.04. The molecule has 0 saturated heterocycles. The summed E-state index contributed by atoms with van der Waals surface area (Å²) in [7, 11) is 0. The number of oxazole rings is 1. The van der Waals surface area contributed by atoms with Crippen LogP contribution in [0.15, 0.2) is 45.6 Å². The molecule has 0 aliphatic carbocycles. The molecule has 6 heteroatoms. The molecule has 0 atom stereocenters. The van der Waals surface area contributed by atoms with Gasteiger partial charge in [0.05, 0.1) is 12.1 Å². The third-order valence-electron chi connectivity index (χ3n) is 2.97. The van der Waals surface area contributed by atoms with Crippen LogP contribution in [0.1, 0.15) is 5.56 Å². The minimum Gasteiger partial charge on any atom is -0.408 e. The van der Waals surface area contributed by atoms with Crippen LogP contribution >= 0.6 is 34.2 Å². The van der Waals surface area contributed by atoms with Crippen LogP contribution < -0.4 is 5.76 Å². The van der Waals surface area contributed by atoms with E-state index in [1.807, 2.05) is 6.07 Å². The van der Waals surface area contributed by atoms with Crippen LogP contribution in [-0.4, -0.2) is 4.57 Å². The molecule has 0 amide bonds. The highest BCUT2D eigenvalue weighted by Gasteiger charge is 2.12. The number of hydrogen-bond donors (Lipinski definition) is 0. The number of nitrogens with zero attached hydrogens (tertiary/aromatic N) is 1. The van der Waals surface area contributed by atoms with Crippen molar-refractivity contribution in [1.29, 1.82) is 0 Å². The lowest BCUT2D eigenvalue weighted by Gasteiger charge is -2.05. The molecule has 102 valence electrons. The highest BCUT2D eigenvalue weighted by atomic mass is 127. The first-order valence-corrected chi connectivity index (χ1v) is 7.23. The van der Waals surface area contributed by atoms with E-state index >= 15 is 0 Å². The zero-order valence-electron chi connectivity index (χ0n) is 10.1. The fourth-order valence-corrected chi connectivity index (χ4v) is 2.66. The molecular formula is C14H8ClFINO2. The van der Waals surface area contributed by atoms with Crippen molar-refractivity contribution in [3.05, 3.63) is 66.9 Å². The molecule has 3 rings (SSSR count). The van der Waals surface area contributed by atoms with Gasteiger partial charge in [-0.15, -0.1) is 0 Å². The number of benzene rings is 2. The number of aromatic nitrogens is 1. The quantitative estimate of drug-likeness (QED) is 0.606. The monoisotopic (exact) mass is 403 g/mol. The van der Waals surface area contributed by atoms with Gasteiger partial charge in [-0.3, -0.25) is 4.57 Å². The van der Waals surface area contributed by atoms with Crippen molar-refractivity contribution in [3.8, 4) is 0 Å². The lowest BCUT2D eigenvalue weighted by Crippen LogP contribution is -2.15. The van der Waals surface area contributed by atoms with Crippen molar-refractivity contribution in [3.63, 3.8) is 0 Å². The zero-order chi connectivity index (χ0) is 14.3. The number of halogens is 3. The maximum absolute atomic E-state index is 13.3. The van der Waals surface area contributed by atoms with Crippen LogP contribution in [0.25, 0.3) is 11.1 Å². The lowest BCUT2D eigenvalue weighted by atomic mass is 10.2. The van der Waals surface area contributed by atoms with E-state index in [4.69, 9.17) is 16.0 Å². The summed E-state index contributed by atoms with van der Waals surface area (Å²) in [4.78, 5) is 11.9. The summed E-state index contributed by atoms with van der Waals surface area (Å²) in [6.45, 7) is 0.170. The van der Waals surface area contributed by atoms with Gasteiger partial charge in [0.2, 0.25) is 0 Å². The molecule has 2 aromatic carbocycles. The van der Waals surface area contributed by atoms with Gasteiger partial charge in [-0.2, -0.15) is 0 Å². The van der Waals surface area contributed by atoms with E-state index in [9.17, 15) is 9.18 Å². The molecular weight excluding hydrogens is 396 g/mol.